The Labute approximate surface area is 365 Å². The number of hydrogen-bond donors (Lipinski definition) is 3. The number of nitro benzene ring substituents is 1. The van der Waals surface area contributed by atoms with E-state index in [-0.39, 0.29) is 22.4 Å². The molecule has 1 aliphatic heterocycles. The third kappa shape index (κ3) is 9.57. The lowest BCUT2D eigenvalue weighted by molar-refractivity contribution is -0.384. The largest absolute Gasteiger partial charge is 0.497 e. The second kappa shape index (κ2) is 17.6. The predicted octanol–water partition coefficient (Wildman–Crippen LogP) is 10.2. The van der Waals surface area contributed by atoms with E-state index in [1.54, 1.807) is 48.5 Å². The zero-order chi connectivity index (χ0) is 43.6. The lowest BCUT2D eigenvalue weighted by Crippen LogP contribution is -2.47. The van der Waals surface area contributed by atoms with Gasteiger partial charge in [-0.3, -0.25) is 19.8 Å². The monoisotopic (exact) mass is 874 g/mol. The molecule has 1 aromatic heterocycles. The Kier molecular flexibility index (Phi) is 12.0. The number of methoxy groups -OCH3 is 1. The van der Waals surface area contributed by atoms with E-state index in [1.807, 2.05) is 36.5 Å². The quantitative estimate of drug-likeness (QED) is 0.0753. The van der Waals surface area contributed by atoms with Crippen LogP contribution in [-0.2, 0) is 10.0 Å². The number of carbonyl (C=O) groups excluding carboxylic acids is 1. The number of halogens is 1. The molecule has 8 rings (SSSR count). The van der Waals surface area contributed by atoms with Gasteiger partial charge in [0.1, 0.15) is 22.9 Å². The summed E-state index contributed by atoms with van der Waals surface area (Å²) in [5.41, 5.74) is 6.12. The molecule has 62 heavy (non-hydrogen) atoms. The summed E-state index contributed by atoms with van der Waals surface area (Å²) in [6.07, 6.45) is 5.01. The first-order valence-corrected chi connectivity index (χ1v) is 22.2. The highest BCUT2D eigenvalue weighted by Crippen LogP contribution is 2.43. The van der Waals surface area contributed by atoms with E-state index in [0.717, 1.165) is 79.7 Å². The van der Waals surface area contributed by atoms with E-state index in [0.29, 0.717) is 17.2 Å². The number of piperazine rings is 1. The highest BCUT2D eigenvalue weighted by Gasteiger charge is 2.30. The van der Waals surface area contributed by atoms with Gasteiger partial charge in [-0.1, -0.05) is 43.2 Å². The minimum absolute atomic E-state index is 0.0284. The van der Waals surface area contributed by atoms with Crippen molar-refractivity contribution in [2.24, 2.45) is 5.41 Å². The number of ether oxygens (including phenoxy) is 2. The lowest BCUT2D eigenvalue weighted by Gasteiger charge is -2.39. The van der Waals surface area contributed by atoms with Gasteiger partial charge in [-0.15, -0.1) is 0 Å². The highest BCUT2D eigenvalue weighted by atomic mass is 35.5. The number of nitrogens with zero attached hydrogens (tertiary/aromatic N) is 3. The zero-order valence-electron chi connectivity index (χ0n) is 34.6. The van der Waals surface area contributed by atoms with Crippen LogP contribution in [-0.4, -0.2) is 69.0 Å². The number of anilines is 3. The van der Waals surface area contributed by atoms with E-state index in [2.05, 4.69) is 50.8 Å². The van der Waals surface area contributed by atoms with Crippen LogP contribution in [0.3, 0.4) is 0 Å². The number of benzene rings is 5. The number of carbonyl (C=O) groups is 1. The Morgan fingerprint density at radius 2 is 1.65 bits per heavy atom. The first kappa shape index (κ1) is 42.3. The summed E-state index contributed by atoms with van der Waals surface area (Å²) in [5.74, 6) is 0.248. The van der Waals surface area contributed by atoms with Gasteiger partial charge in [0.2, 0.25) is 0 Å². The summed E-state index contributed by atoms with van der Waals surface area (Å²) in [6, 6.07) is 30.7. The second-order valence-electron chi connectivity index (χ2n) is 16.4. The molecule has 320 valence electrons. The van der Waals surface area contributed by atoms with Gasteiger partial charge in [0.25, 0.3) is 21.6 Å². The van der Waals surface area contributed by atoms with E-state index < -0.39 is 31.4 Å². The molecule has 0 atom stereocenters. The topological polar surface area (TPSA) is 159 Å². The van der Waals surface area contributed by atoms with Crippen LogP contribution in [0.1, 0.15) is 49.0 Å². The van der Waals surface area contributed by atoms with Crippen LogP contribution >= 0.6 is 11.6 Å². The van der Waals surface area contributed by atoms with Crippen LogP contribution in [0.15, 0.2) is 126 Å². The van der Waals surface area contributed by atoms with Gasteiger partial charge in [0, 0.05) is 78.4 Å². The maximum absolute atomic E-state index is 13.9. The van der Waals surface area contributed by atoms with Crippen LogP contribution < -0.4 is 24.4 Å². The molecule has 3 N–H and O–H groups in total. The van der Waals surface area contributed by atoms with Crippen LogP contribution in [0.4, 0.5) is 22.7 Å². The molecule has 0 unspecified atom stereocenters. The molecule has 13 nitrogen and oxygen atoms in total. The van der Waals surface area contributed by atoms with Crippen molar-refractivity contribution in [2.75, 3.05) is 50.1 Å². The third-order valence-electron chi connectivity index (χ3n) is 11.6. The van der Waals surface area contributed by atoms with E-state index >= 15 is 0 Å². The number of fused-ring (bicyclic) bond motifs is 1. The lowest BCUT2D eigenvalue weighted by atomic mass is 9.72. The zero-order valence-corrected chi connectivity index (χ0v) is 36.2. The smallest absolute Gasteiger partial charge is 0.294 e. The van der Waals surface area contributed by atoms with Crippen LogP contribution in [0.25, 0.3) is 16.5 Å². The second-order valence-corrected chi connectivity index (χ2v) is 18.5. The van der Waals surface area contributed by atoms with Crippen molar-refractivity contribution in [3.63, 3.8) is 0 Å². The van der Waals surface area contributed by atoms with Crippen molar-refractivity contribution >= 4 is 66.8 Å². The van der Waals surface area contributed by atoms with Crippen molar-refractivity contribution < 1.29 is 27.6 Å². The van der Waals surface area contributed by atoms with Crippen molar-refractivity contribution in [2.45, 2.75) is 38.0 Å². The summed E-state index contributed by atoms with van der Waals surface area (Å²) in [7, 11) is -3.06. The normalized spacial score (nSPS) is 15.6. The van der Waals surface area contributed by atoms with Crippen LogP contribution in [0, 0.1) is 15.5 Å². The number of aromatic amines is 1. The number of sulfonamides is 1. The highest BCUT2D eigenvalue weighted by molar-refractivity contribution is 7.90. The molecule has 5 aromatic carbocycles. The molecule has 2 heterocycles. The molecule has 6 aromatic rings. The Morgan fingerprint density at radius 1 is 0.903 bits per heavy atom. The van der Waals surface area contributed by atoms with Gasteiger partial charge in [0.05, 0.1) is 22.5 Å². The summed E-state index contributed by atoms with van der Waals surface area (Å²) >= 11 is 6.24. The molecular weight excluding hydrogens is 828 g/mol. The van der Waals surface area contributed by atoms with Crippen molar-refractivity contribution in [1.82, 2.24) is 14.6 Å². The number of H-pyrrole nitrogens is 1. The van der Waals surface area contributed by atoms with Gasteiger partial charge >= 0.3 is 0 Å². The van der Waals surface area contributed by atoms with Crippen molar-refractivity contribution in [1.29, 1.82) is 0 Å². The third-order valence-corrected chi connectivity index (χ3v) is 13.1. The first-order valence-electron chi connectivity index (χ1n) is 20.3. The summed E-state index contributed by atoms with van der Waals surface area (Å²) in [4.78, 5) is 32.8. The number of allylic oxidation sites excluding steroid dienone is 1. The fourth-order valence-corrected chi connectivity index (χ4v) is 9.21. The Bertz CT molecular complexity index is 2780. The molecular formula is C47H47ClN6O7S. The number of hydrogen-bond acceptors (Lipinski definition) is 10. The Hall–Kier alpha value is -6.35. The molecule has 15 heteroatoms. The average Bonchev–Trinajstić information content (AvgIpc) is 3.73. The van der Waals surface area contributed by atoms with Crippen LogP contribution in [0.5, 0.6) is 17.2 Å². The fourth-order valence-electron chi connectivity index (χ4n) is 8.10. The minimum Gasteiger partial charge on any atom is -0.497 e. The molecule has 1 aliphatic carbocycles. The number of amides is 1. The van der Waals surface area contributed by atoms with Gasteiger partial charge in [-0.2, -0.15) is 0 Å². The molecule has 0 spiro atoms. The number of nitro groups is 1. The molecule has 1 amide bonds. The average molecular weight is 875 g/mol. The van der Waals surface area contributed by atoms with Crippen molar-refractivity contribution in [3.05, 3.63) is 147 Å². The maximum atomic E-state index is 13.9. The Morgan fingerprint density at radius 3 is 2.37 bits per heavy atom. The summed E-state index contributed by atoms with van der Waals surface area (Å²) in [6.45, 7) is 8.65. The van der Waals surface area contributed by atoms with E-state index in [4.69, 9.17) is 21.1 Å². The first-order chi connectivity index (χ1) is 29.7. The summed E-state index contributed by atoms with van der Waals surface area (Å²) < 4.78 is 41.1. The summed E-state index contributed by atoms with van der Waals surface area (Å²) in [5, 5.41) is 16.7. The van der Waals surface area contributed by atoms with E-state index in [9.17, 15) is 23.3 Å². The standard InChI is InChI=1S/C47H47ClN6O7S/c1-47(2)20-18-33(41(29-47)31-4-6-34(48)7-5-31)30-52-22-24-53(25-23-52)36-10-15-40(45(27-36)61-38-13-16-42-32(26-38)19-21-49-42)46(55)51-62(58,59)39-14-17-43(44(28-39)54(56)57)50-35-8-11-37(60-3)12-9-35/h4-17,19,21,26-28,49-50H,18,20,22-25,29-30H2,1-3H3,(H,51,55). The van der Waals surface area contributed by atoms with Gasteiger partial charge in [-0.25, -0.2) is 13.1 Å². The number of nitrogens with one attached hydrogen (secondary N) is 3. The number of rotatable bonds is 13. The van der Waals surface area contributed by atoms with Gasteiger partial charge in [-0.05, 0) is 121 Å². The van der Waals surface area contributed by atoms with Crippen LogP contribution in [0.2, 0.25) is 5.02 Å². The molecule has 0 saturated carbocycles. The SMILES string of the molecule is COc1ccc(Nc2ccc(S(=O)(=O)NC(=O)c3ccc(N4CCN(CC5=C(c6ccc(Cl)cc6)CC(C)(C)CC5)CC4)cc3Oc3ccc4[nH]ccc4c3)cc2[N+](=O)[O-])cc1. The van der Waals surface area contributed by atoms with E-state index in [1.165, 1.54) is 36.0 Å². The van der Waals surface area contributed by atoms with Gasteiger partial charge < -0.3 is 24.7 Å². The molecule has 0 radical (unpaired) electrons. The number of aromatic nitrogens is 1. The van der Waals surface area contributed by atoms with Crippen molar-refractivity contribution in [3.8, 4) is 17.2 Å². The fraction of sp³-hybridized carbons (Fsp3) is 0.255. The Balaban J connectivity index is 1.02. The molecule has 0 bridgehead atoms. The van der Waals surface area contributed by atoms with Gasteiger partial charge in [0.15, 0.2) is 0 Å². The maximum Gasteiger partial charge on any atom is 0.294 e. The molecule has 1 saturated heterocycles. The predicted molar refractivity (Wildman–Crippen MR) is 243 cm³/mol. The molecule has 2 aliphatic rings. The molecule has 1 fully saturated rings. The minimum atomic E-state index is -4.59.